The molecular weight excluding hydrogens is 440 g/mol. The summed E-state index contributed by atoms with van der Waals surface area (Å²) in [5, 5.41) is 10.1. The molecule has 35 heavy (non-hydrogen) atoms. The predicted molar refractivity (Wildman–Crippen MR) is 144 cm³/mol. The fourth-order valence-electron chi connectivity index (χ4n) is 5.21. The molecule has 0 saturated heterocycles. The van der Waals surface area contributed by atoms with Gasteiger partial charge in [0.2, 0.25) is 5.43 Å². The average Bonchev–Trinajstić information content (AvgIpc) is 2.77. The Morgan fingerprint density at radius 3 is 1.91 bits per heavy atom. The number of aromatic carboxylic acids is 1. The maximum atomic E-state index is 13.3. The van der Waals surface area contributed by atoms with Gasteiger partial charge < -0.3 is 14.3 Å². The number of carboxylic acids is 1. The van der Waals surface area contributed by atoms with E-state index in [2.05, 4.69) is 27.7 Å². The molecule has 0 aliphatic carbocycles. The average molecular weight is 487 g/mol. The minimum atomic E-state index is -1.23. The van der Waals surface area contributed by atoms with Crippen LogP contribution in [-0.2, 0) is 6.42 Å². The number of carbonyl (C=O) groups is 1. The van der Waals surface area contributed by atoms with Gasteiger partial charge in [-0.2, -0.15) is 0 Å². The lowest BCUT2D eigenvalue weighted by atomic mass is 9.91. The monoisotopic (exact) mass is 486 g/mol. The summed E-state index contributed by atoms with van der Waals surface area (Å²) in [6.45, 7) is 14.8. The molecular formula is C30H46O5. The van der Waals surface area contributed by atoms with Crippen molar-refractivity contribution >= 4 is 16.9 Å². The molecule has 2 atom stereocenters. The maximum Gasteiger partial charge on any atom is 0.343 e. The first-order chi connectivity index (χ1) is 16.5. The van der Waals surface area contributed by atoms with Crippen molar-refractivity contribution in [2.24, 2.45) is 17.8 Å². The summed E-state index contributed by atoms with van der Waals surface area (Å²) in [6.07, 6.45) is 9.87. The standard InChI is InChI=1S/C30H46O5/c1-18(2)12-9-13-19(3)14-10-15-20(4)16-11-17-24-26(30(32)33)27(31)25-23(7)28(34-8)21(5)22(6)29(25)35-24/h18-20H,9-17H2,1-8H3,(H,32,33)/t19-,20+/m1/s1. The summed E-state index contributed by atoms with van der Waals surface area (Å²) in [6, 6.07) is 0. The quantitative estimate of drug-likeness (QED) is 0.292. The fraction of sp³-hybridized carbons (Fsp3) is 0.667. The van der Waals surface area contributed by atoms with E-state index in [1.54, 1.807) is 14.0 Å². The van der Waals surface area contributed by atoms with Crippen molar-refractivity contribution in [3.63, 3.8) is 0 Å². The van der Waals surface area contributed by atoms with Crippen molar-refractivity contribution in [3.05, 3.63) is 38.2 Å². The highest BCUT2D eigenvalue weighted by Crippen LogP contribution is 2.34. The van der Waals surface area contributed by atoms with Gasteiger partial charge in [0, 0.05) is 12.0 Å². The van der Waals surface area contributed by atoms with Gasteiger partial charge in [0.25, 0.3) is 0 Å². The molecule has 0 unspecified atom stereocenters. The number of benzene rings is 1. The van der Waals surface area contributed by atoms with Crippen LogP contribution in [0.5, 0.6) is 5.75 Å². The molecule has 0 saturated carbocycles. The number of carboxylic acid groups (broad SMARTS) is 1. The topological polar surface area (TPSA) is 76.7 Å². The van der Waals surface area contributed by atoms with Crippen molar-refractivity contribution in [2.45, 2.75) is 106 Å². The first-order valence-corrected chi connectivity index (χ1v) is 13.4. The summed E-state index contributed by atoms with van der Waals surface area (Å²) >= 11 is 0. The van der Waals surface area contributed by atoms with E-state index >= 15 is 0 Å². The Morgan fingerprint density at radius 2 is 1.40 bits per heavy atom. The highest BCUT2D eigenvalue weighted by atomic mass is 16.5. The fourth-order valence-corrected chi connectivity index (χ4v) is 5.21. The van der Waals surface area contributed by atoms with Gasteiger partial charge in [0.05, 0.1) is 12.5 Å². The third kappa shape index (κ3) is 7.35. The van der Waals surface area contributed by atoms with Crippen molar-refractivity contribution < 1.29 is 19.1 Å². The van der Waals surface area contributed by atoms with Gasteiger partial charge in [-0.3, -0.25) is 4.79 Å². The Labute approximate surface area is 211 Å². The van der Waals surface area contributed by atoms with Crippen LogP contribution in [0.1, 0.15) is 112 Å². The zero-order chi connectivity index (χ0) is 26.3. The first-order valence-electron chi connectivity index (χ1n) is 13.4. The van der Waals surface area contributed by atoms with Crippen molar-refractivity contribution in [1.29, 1.82) is 0 Å². The smallest absolute Gasteiger partial charge is 0.343 e. The Morgan fingerprint density at radius 1 is 0.857 bits per heavy atom. The molecule has 0 amide bonds. The minimum absolute atomic E-state index is 0.242. The largest absolute Gasteiger partial charge is 0.496 e. The second-order valence-electron chi connectivity index (χ2n) is 11.0. The zero-order valence-corrected chi connectivity index (χ0v) is 23.2. The molecule has 1 aromatic heterocycles. The van der Waals surface area contributed by atoms with Crippen LogP contribution in [0, 0.1) is 38.5 Å². The number of hydrogen-bond donors (Lipinski definition) is 1. The van der Waals surface area contributed by atoms with Crippen LogP contribution < -0.4 is 10.2 Å². The SMILES string of the molecule is COc1c(C)c(C)c2oc(CCC[C@@H](C)CCC[C@H](C)CCCC(C)C)c(C(=O)O)c(=O)c2c1C. The Bertz CT molecular complexity index is 1060. The normalized spacial score (nSPS) is 13.4. The van der Waals surface area contributed by atoms with E-state index in [9.17, 15) is 14.7 Å². The molecule has 2 rings (SSSR count). The van der Waals surface area contributed by atoms with Gasteiger partial charge >= 0.3 is 5.97 Å². The zero-order valence-electron chi connectivity index (χ0n) is 23.2. The molecule has 1 N–H and O–H groups in total. The molecule has 5 heteroatoms. The molecule has 0 aliphatic rings. The van der Waals surface area contributed by atoms with Crippen LogP contribution in [-0.4, -0.2) is 18.2 Å². The van der Waals surface area contributed by atoms with Gasteiger partial charge in [-0.25, -0.2) is 4.79 Å². The second kappa shape index (κ2) is 13.1. The van der Waals surface area contributed by atoms with Gasteiger partial charge in [0.15, 0.2) is 0 Å². The molecule has 1 heterocycles. The molecule has 0 aliphatic heterocycles. The Hall–Kier alpha value is -2.30. The van der Waals surface area contributed by atoms with Crippen molar-refractivity contribution in [3.8, 4) is 5.75 Å². The number of aryl methyl sites for hydroxylation is 3. The molecule has 0 spiro atoms. The van der Waals surface area contributed by atoms with Gasteiger partial charge in [-0.1, -0.05) is 72.6 Å². The predicted octanol–water partition coefficient (Wildman–Crippen LogP) is 8.02. The summed E-state index contributed by atoms with van der Waals surface area (Å²) in [5.74, 6) is 1.79. The first kappa shape index (κ1) is 28.9. The summed E-state index contributed by atoms with van der Waals surface area (Å²) in [5.41, 5.74) is 2.10. The summed E-state index contributed by atoms with van der Waals surface area (Å²) < 4.78 is 11.6. The summed E-state index contributed by atoms with van der Waals surface area (Å²) in [7, 11) is 1.56. The van der Waals surface area contributed by atoms with E-state index in [1.165, 1.54) is 38.5 Å². The van der Waals surface area contributed by atoms with Gasteiger partial charge in [-0.05, 0) is 56.1 Å². The molecule has 0 fully saturated rings. The third-order valence-corrected chi connectivity index (χ3v) is 7.54. The second-order valence-corrected chi connectivity index (χ2v) is 11.0. The van der Waals surface area contributed by atoms with Crippen LogP contribution in [0.3, 0.4) is 0 Å². The van der Waals surface area contributed by atoms with Crippen LogP contribution in [0.15, 0.2) is 9.21 Å². The molecule has 196 valence electrons. The van der Waals surface area contributed by atoms with Gasteiger partial charge in [-0.15, -0.1) is 0 Å². The highest BCUT2D eigenvalue weighted by molar-refractivity contribution is 5.95. The van der Waals surface area contributed by atoms with E-state index in [-0.39, 0.29) is 11.3 Å². The number of hydrogen-bond acceptors (Lipinski definition) is 4. The highest BCUT2D eigenvalue weighted by Gasteiger charge is 2.25. The number of fused-ring (bicyclic) bond motifs is 1. The van der Waals surface area contributed by atoms with E-state index in [1.807, 2.05) is 13.8 Å². The van der Waals surface area contributed by atoms with Gasteiger partial charge in [0.1, 0.15) is 22.7 Å². The molecule has 0 radical (unpaired) electrons. The van der Waals surface area contributed by atoms with Crippen LogP contribution >= 0.6 is 0 Å². The lowest BCUT2D eigenvalue weighted by molar-refractivity contribution is 0.0691. The molecule has 2 aromatic rings. The van der Waals surface area contributed by atoms with E-state index in [0.29, 0.717) is 34.6 Å². The Balaban J connectivity index is 2.07. The molecule has 0 bridgehead atoms. The third-order valence-electron chi connectivity index (χ3n) is 7.54. The molecule has 1 aromatic carbocycles. The lowest BCUT2D eigenvalue weighted by Crippen LogP contribution is -2.20. The summed E-state index contributed by atoms with van der Waals surface area (Å²) in [4.78, 5) is 25.3. The maximum absolute atomic E-state index is 13.3. The van der Waals surface area contributed by atoms with E-state index < -0.39 is 11.4 Å². The van der Waals surface area contributed by atoms with Crippen molar-refractivity contribution in [2.75, 3.05) is 7.11 Å². The molecule has 5 nitrogen and oxygen atoms in total. The van der Waals surface area contributed by atoms with Crippen molar-refractivity contribution in [1.82, 2.24) is 0 Å². The number of rotatable bonds is 14. The van der Waals surface area contributed by atoms with Crippen LogP contribution in [0.4, 0.5) is 0 Å². The number of methoxy groups -OCH3 is 1. The van der Waals surface area contributed by atoms with E-state index in [0.717, 1.165) is 35.8 Å². The lowest BCUT2D eigenvalue weighted by Gasteiger charge is -2.17. The number of ether oxygens (including phenoxy) is 1. The Kier molecular flexibility index (Phi) is 10.9. The van der Waals surface area contributed by atoms with E-state index in [4.69, 9.17) is 9.15 Å². The van der Waals surface area contributed by atoms with Crippen LogP contribution in [0.25, 0.3) is 11.0 Å². The minimum Gasteiger partial charge on any atom is -0.496 e. The van der Waals surface area contributed by atoms with Crippen LogP contribution in [0.2, 0.25) is 0 Å².